The van der Waals surface area contributed by atoms with Crippen LogP contribution in [0.4, 0.5) is 0 Å². The molecule has 6 heteroatoms. The van der Waals surface area contributed by atoms with Gasteiger partial charge in [-0.2, -0.15) is 5.26 Å². The predicted octanol–water partition coefficient (Wildman–Crippen LogP) is 4.32. The van der Waals surface area contributed by atoms with Crippen LogP contribution in [0.15, 0.2) is 48.0 Å². The zero-order valence-electron chi connectivity index (χ0n) is 16.9. The lowest BCUT2D eigenvalue weighted by atomic mass is 10.1. The smallest absolute Gasteiger partial charge is 0.348 e. The van der Waals surface area contributed by atoms with E-state index in [4.69, 9.17) is 18.9 Å². The van der Waals surface area contributed by atoms with E-state index < -0.39 is 5.97 Å². The first-order valence-electron chi connectivity index (χ1n) is 9.45. The summed E-state index contributed by atoms with van der Waals surface area (Å²) in [7, 11) is 0. The van der Waals surface area contributed by atoms with E-state index in [2.05, 4.69) is 0 Å². The molecule has 2 rings (SSSR count). The normalized spacial score (nSPS) is 10.8. The lowest BCUT2D eigenvalue weighted by molar-refractivity contribution is -0.137. The molecule has 0 aliphatic heterocycles. The van der Waals surface area contributed by atoms with Crippen LogP contribution < -0.4 is 14.2 Å². The summed E-state index contributed by atoms with van der Waals surface area (Å²) in [6.07, 6.45) is 1.46. The number of nitrogens with zero attached hydrogens (tertiary/aromatic N) is 1. The summed E-state index contributed by atoms with van der Waals surface area (Å²) in [5.74, 6) is 1.22. The van der Waals surface area contributed by atoms with Crippen molar-refractivity contribution in [2.45, 2.75) is 20.8 Å². The van der Waals surface area contributed by atoms with E-state index in [9.17, 15) is 10.1 Å². The van der Waals surface area contributed by atoms with Crippen LogP contribution in [0.2, 0.25) is 0 Å². The second kappa shape index (κ2) is 11.4. The van der Waals surface area contributed by atoms with E-state index in [0.717, 1.165) is 5.75 Å². The van der Waals surface area contributed by atoms with Crippen molar-refractivity contribution in [2.75, 3.05) is 26.4 Å². The minimum Gasteiger partial charge on any atom is -0.490 e. The maximum atomic E-state index is 11.8. The molecule has 2 aromatic rings. The summed E-state index contributed by atoms with van der Waals surface area (Å²) < 4.78 is 22.0. The molecule has 0 spiro atoms. The number of hydrogen-bond donors (Lipinski definition) is 0. The number of ether oxygens (including phenoxy) is 4. The third-order valence-corrected chi connectivity index (χ3v) is 3.83. The summed E-state index contributed by atoms with van der Waals surface area (Å²) >= 11 is 0. The summed E-state index contributed by atoms with van der Waals surface area (Å²) in [4.78, 5) is 11.8. The molecule has 0 atom stereocenters. The van der Waals surface area contributed by atoms with Crippen molar-refractivity contribution in [2.24, 2.45) is 0 Å². The molecule has 0 radical (unpaired) electrons. The van der Waals surface area contributed by atoms with Crippen LogP contribution in [0.25, 0.3) is 6.08 Å². The lowest BCUT2D eigenvalue weighted by Gasteiger charge is -2.13. The fourth-order valence-electron chi connectivity index (χ4n) is 2.46. The Balaban J connectivity index is 2.03. The molecule has 0 unspecified atom stereocenters. The molecule has 0 heterocycles. The number of carbonyl (C=O) groups is 1. The first kappa shape index (κ1) is 21.8. The van der Waals surface area contributed by atoms with Crippen LogP contribution in [0.3, 0.4) is 0 Å². The largest absolute Gasteiger partial charge is 0.490 e. The predicted molar refractivity (Wildman–Crippen MR) is 110 cm³/mol. The standard InChI is InChI=1S/C23H25NO5/c1-4-26-22-15-18(14-19(16-24)23(25)27-5-2)8-11-21(22)29-13-12-28-20-9-6-17(3)7-10-20/h6-11,14-15H,4-5,12-13H2,1-3H3. The lowest BCUT2D eigenvalue weighted by Crippen LogP contribution is -2.10. The average molecular weight is 395 g/mol. The number of aryl methyl sites for hydroxylation is 1. The monoisotopic (exact) mass is 395 g/mol. The van der Waals surface area contributed by atoms with Gasteiger partial charge in [-0.15, -0.1) is 0 Å². The summed E-state index contributed by atoms with van der Waals surface area (Å²) in [5.41, 5.74) is 1.74. The highest BCUT2D eigenvalue weighted by molar-refractivity contribution is 5.97. The van der Waals surface area contributed by atoms with Gasteiger partial charge in [0, 0.05) is 0 Å². The fourth-order valence-corrected chi connectivity index (χ4v) is 2.46. The third kappa shape index (κ3) is 6.89. The molecule has 29 heavy (non-hydrogen) atoms. The number of carbonyl (C=O) groups excluding carboxylic acids is 1. The number of nitriles is 1. The maximum absolute atomic E-state index is 11.8. The van der Waals surface area contributed by atoms with Gasteiger partial charge in [-0.05, 0) is 56.7 Å². The Labute approximate surface area is 171 Å². The van der Waals surface area contributed by atoms with Crippen molar-refractivity contribution in [3.63, 3.8) is 0 Å². The highest BCUT2D eigenvalue weighted by Crippen LogP contribution is 2.29. The molecule has 0 amide bonds. The first-order chi connectivity index (χ1) is 14.1. The second-order valence-electron chi connectivity index (χ2n) is 6.04. The molecule has 0 saturated carbocycles. The van der Waals surface area contributed by atoms with Crippen LogP contribution in [-0.2, 0) is 9.53 Å². The van der Waals surface area contributed by atoms with Crippen molar-refractivity contribution in [1.29, 1.82) is 5.26 Å². The molecule has 0 aliphatic carbocycles. The van der Waals surface area contributed by atoms with Crippen molar-refractivity contribution < 1.29 is 23.7 Å². The number of hydrogen-bond acceptors (Lipinski definition) is 6. The van der Waals surface area contributed by atoms with E-state index in [1.807, 2.05) is 44.2 Å². The Hall–Kier alpha value is -3.46. The fraction of sp³-hybridized carbons (Fsp3) is 0.304. The quantitative estimate of drug-likeness (QED) is 0.258. The number of benzene rings is 2. The van der Waals surface area contributed by atoms with E-state index in [0.29, 0.717) is 36.9 Å². The van der Waals surface area contributed by atoms with Gasteiger partial charge in [-0.1, -0.05) is 23.8 Å². The van der Waals surface area contributed by atoms with Crippen LogP contribution in [0, 0.1) is 18.3 Å². The third-order valence-electron chi connectivity index (χ3n) is 3.83. The summed E-state index contributed by atoms with van der Waals surface area (Å²) in [6.45, 7) is 6.97. The van der Waals surface area contributed by atoms with Gasteiger partial charge in [0.1, 0.15) is 30.6 Å². The van der Waals surface area contributed by atoms with Crippen LogP contribution in [-0.4, -0.2) is 32.4 Å². The van der Waals surface area contributed by atoms with Crippen molar-refractivity contribution >= 4 is 12.0 Å². The molecule has 0 aromatic heterocycles. The SMILES string of the molecule is CCOC(=O)C(C#N)=Cc1ccc(OCCOc2ccc(C)cc2)c(OCC)c1. The van der Waals surface area contributed by atoms with Crippen LogP contribution >= 0.6 is 0 Å². The van der Waals surface area contributed by atoms with Crippen LogP contribution in [0.1, 0.15) is 25.0 Å². The Morgan fingerprint density at radius 2 is 1.69 bits per heavy atom. The van der Waals surface area contributed by atoms with Crippen molar-refractivity contribution in [1.82, 2.24) is 0 Å². The molecular formula is C23H25NO5. The Morgan fingerprint density at radius 3 is 2.34 bits per heavy atom. The second-order valence-corrected chi connectivity index (χ2v) is 6.04. The van der Waals surface area contributed by atoms with Gasteiger partial charge in [-0.3, -0.25) is 0 Å². The van der Waals surface area contributed by atoms with Gasteiger partial charge in [-0.25, -0.2) is 4.79 Å². The molecule has 0 saturated heterocycles. The van der Waals surface area contributed by atoms with Crippen LogP contribution in [0.5, 0.6) is 17.2 Å². The Kier molecular flexibility index (Phi) is 8.58. The van der Waals surface area contributed by atoms with E-state index >= 15 is 0 Å². The van der Waals surface area contributed by atoms with Crippen molar-refractivity contribution in [3.05, 3.63) is 59.2 Å². The first-order valence-corrected chi connectivity index (χ1v) is 9.45. The van der Waals surface area contributed by atoms with Gasteiger partial charge in [0.2, 0.25) is 0 Å². The average Bonchev–Trinajstić information content (AvgIpc) is 2.72. The molecule has 2 aromatic carbocycles. The minimum absolute atomic E-state index is 0.0746. The highest BCUT2D eigenvalue weighted by Gasteiger charge is 2.11. The molecule has 0 fully saturated rings. The number of esters is 1. The topological polar surface area (TPSA) is 77.8 Å². The van der Waals surface area contributed by atoms with E-state index in [1.165, 1.54) is 11.6 Å². The molecule has 152 valence electrons. The van der Waals surface area contributed by atoms with E-state index in [1.54, 1.807) is 25.1 Å². The highest BCUT2D eigenvalue weighted by atomic mass is 16.5. The Morgan fingerprint density at radius 1 is 0.966 bits per heavy atom. The van der Waals surface area contributed by atoms with Gasteiger partial charge in [0.25, 0.3) is 0 Å². The summed E-state index contributed by atoms with van der Waals surface area (Å²) in [6, 6.07) is 14.9. The van der Waals surface area contributed by atoms with Crippen molar-refractivity contribution in [3.8, 4) is 23.3 Å². The minimum atomic E-state index is -0.651. The van der Waals surface area contributed by atoms with E-state index in [-0.39, 0.29) is 12.2 Å². The van der Waals surface area contributed by atoms with Gasteiger partial charge >= 0.3 is 5.97 Å². The molecule has 0 aliphatic rings. The van der Waals surface area contributed by atoms with Gasteiger partial charge < -0.3 is 18.9 Å². The molecule has 0 bridgehead atoms. The molecule has 0 N–H and O–H groups in total. The number of rotatable bonds is 10. The Bertz CT molecular complexity index is 881. The molecule has 6 nitrogen and oxygen atoms in total. The van der Waals surface area contributed by atoms with Gasteiger partial charge in [0.15, 0.2) is 11.5 Å². The zero-order valence-corrected chi connectivity index (χ0v) is 16.9. The summed E-state index contributed by atoms with van der Waals surface area (Å²) in [5, 5.41) is 9.18. The zero-order chi connectivity index (χ0) is 21.1. The maximum Gasteiger partial charge on any atom is 0.348 e. The molecular weight excluding hydrogens is 370 g/mol. The van der Waals surface area contributed by atoms with Gasteiger partial charge in [0.05, 0.1) is 13.2 Å².